The Morgan fingerprint density at radius 1 is 1.15 bits per heavy atom. The van der Waals surface area contributed by atoms with Crippen molar-refractivity contribution in [1.29, 1.82) is 0 Å². The van der Waals surface area contributed by atoms with Gasteiger partial charge < -0.3 is 0 Å². The topological polar surface area (TPSA) is 51.0 Å². The highest BCUT2D eigenvalue weighted by molar-refractivity contribution is 7.22. The molecule has 3 heterocycles. The fourth-order valence-corrected chi connectivity index (χ4v) is 4.78. The maximum Gasteiger partial charge on any atom is 0.270 e. The van der Waals surface area contributed by atoms with Crippen LogP contribution < -0.4 is 4.90 Å². The van der Waals surface area contributed by atoms with Crippen LogP contribution in [0.3, 0.4) is 0 Å². The second-order valence-electron chi connectivity index (χ2n) is 5.41. The van der Waals surface area contributed by atoms with E-state index in [2.05, 4.69) is 10.1 Å². The van der Waals surface area contributed by atoms with Crippen LogP contribution in [0.5, 0.6) is 0 Å². The average molecular weight is 423 g/mol. The quantitative estimate of drug-likeness (QED) is 0.443. The number of halogens is 2. The van der Waals surface area contributed by atoms with Gasteiger partial charge in [0, 0.05) is 18.9 Å². The van der Waals surface area contributed by atoms with Crippen molar-refractivity contribution in [3.8, 4) is 0 Å². The van der Waals surface area contributed by atoms with Crippen molar-refractivity contribution >= 4 is 67.1 Å². The maximum absolute atomic E-state index is 13.1. The van der Waals surface area contributed by atoms with Crippen molar-refractivity contribution in [3.05, 3.63) is 63.0 Å². The molecule has 26 heavy (non-hydrogen) atoms. The number of aromatic nitrogens is 3. The number of hydrogen-bond acceptors (Lipinski definition) is 5. The van der Waals surface area contributed by atoms with Crippen molar-refractivity contribution in [1.82, 2.24) is 14.8 Å². The summed E-state index contributed by atoms with van der Waals surface area (Å²) in [5.74, 6) is -0.135. The van der Waals surface area contributed by atoms with Gasteiger partial charge >= 0.3 is 0 Å². The minimum Gasteiger partial charge on any atom is -0.281 e. The minimum atomic E-state index is -0.135. The second-order valence-corrected chi connectivity index (χ2v) is 8.54. The zero-order valence-corrected chi connectivity index (χ0v) is 16.4. The number of thiazole rings is 1. The largest absolute Gasteiger partial charge is 0.281 e. The summed E-state index contributed by atoms with van der Waals surface area (Å²) in [5, 5.41) is 5.38. The number of thiophene rings is 1. The first-order valence-corrected chi connectivity index (χ1v) is 10.1. The number of hydrogen-bond donors (Lipinski definition) is 0. The molecule has 4 rings (SSSR count). The van der Waals surface area contributed by atoms with Crippen molar-refractivity contribution in [2.45, 2.75) is 6.54 Å². The normalized spacial score (nSPS) is 11.2. The predicted molar refractivity (Wildman–Crippen MR) is 108 cm³/mol. The molecule has 5 nitrogen and oxygen atoms in total. The fraction of sp³-hybridized carbons (Fsp3) is 0.118. The Morgan fingerprint density at radius 2 is 2.04 bits per heavy atom. The summed E-state index contributed by atoms with van der Waals surface area (Å²) < 4.78 is 3.29. The van der Waals surface area contributed by atoms with E-state index < -0.39 is 0 Å². The minimum absolute atomic E-state index is 0.135. The number of fused-ring (bicyclic) bond motifs is 1. The predicted octanol–water partition coefficient (Wildman–Crippen LogP) is 5.21. The molecule has 0 saturated heterocycles. The Morgan fingerprint density at radius 3 is 2.73 bits per heavy atom. The van der Waals surface area contributed by atoms with E-state index in [0.29, 0.717) is 38.0 Å². The van der Waals surface area contributed by atoms with Crippen LogP contribution in [0.1, 0.15) is 9.67 Å². The number of anilines is 1. The van der Waals surface area contributed by atoms with Gasteiger partial charge in [0.15, 0.2) is 5.13 Å². The van der Waals surface area contributed by atoms with Gasteiger partial charge in [-0.15, -0.1) is 11.3 Å². The molecule has 0 aliphatic carbocycles. The lowest BCUT2D eigenvalue weighted by Gasteiger charge is -2.19. The van der Waals surface area contributed by atoms with Gasteiger partial charge in [0.05, 0.1) is 25.5 Å². The molecule has 0 bridgehead atoms. The first-order chi connectivity index (χ1) is 12.6. The van der Waals surface area contributed by atoms with Crippen molar-refractivity contribution in [2.75, 3.05) is 11.4 Å². The highest BCUT2D eigenvalue weighted by Gasteiger charge is 2.23. The van der Waals surface area contributed by atoms with Gasteiger partial charge in [-0.25, -0.2) is 4.98 Å². The Hall–Kier alpha value is -1.93. The molecule has 0 unspecified atom stereocenters. The standard InChI is InChI=1S/C17H12Cl2N4OS2/c18-11-3-1-4-12-15(11)21-17(26-12)23(10-9-22-8-2-7-20-22)16(24)13-5-6-14(19)25-13/h1-8H,9-10H2. The number of para-hydroxylation sites is 1. The SMILES string of the molecule is O=C(c1ccc(Cl)s1)N(CCn1cccn1)c1nc2c(Cl)cccc2s1. The molecule has 1 amide bonds. The van der Waals surface area contributed by atoms with Gasteiger partial charge in [0.25, 0.3) is 5.91 Å². The van der Waals surface area contributed by atoms with Crippen molar-refractivity contribution in [3.63, 3.8) is 0 Å². The molecule has 3 aromatic heterocycles. The summed E-state index contributed by atoms with van der Waals surface area (Å²) in [6.07, 6.45) is 3.57. The average Bonchev–Trinajstić information content (AvgIpc) is 3.35. The lowest BCUT2D eigenvalue weighted by molar-refractivity contribution is 0.0989. The third-order valence-electron chi connectivity index (χ3n) is 3.73. The molecular formula is C17H12Cl2N4OS2. The zero-order chi connectivity index (χ0) is 18.1. The van der Waals surface area contributed by atoms with Crippen molar-refractivity contribution < 1.29 is 4.79 Å². The molecule has 0 saturated carbocycles. The van der Waals surface area contributed by atoms with E-state index in [1.165, 1.54) is 22.7 Å². The number of benzene rings is 1. The molecule has 0 aliphatic heterocycles. The molecule has 4 aromatic rings. The van der Waals surface area contributed by atoms with Gasteiger partial charge in [0.2, 0.25) is 0 Å². The van der Waals surface area contributed by atoms with Crippen LogP contribution in [0.4, 0.5) is 5.13 Å². The molecule has 0 radical (unpaired) electrons. The van der Waals surface area contributed by atoms with E-state index in [4.69, 9.17) is 23.2 Å². The molecular weight excluding hydrogens is 411 g/mol. The third-order valence-corrected chi connectivity index (χ3v) is 6.30. The number of amides is 1. The first-order valence-electron chi connectivity index (χ1n) is 7.71. The van der Waals surface area contributed by atoms with Crippen LogP contribution in [0, 0.1) is 0 Å². The summed E-state index contributed by atoms with van der Waals surface area (Å²) in [6.45, 7) is 0.995. The van der Waals surface area contributed by atoms with E-state index in [9.17, 15) is 4.79 Å². The molecule has 0 atom stereocenters. The van der Waals surface area contributed by atoms with Gasteiger partial charge in [-0.3, -0.25) is 14.4 Å². The summed E-state index contributed by atoms with van der Waals surface area (Å²) in [7, 11) is 0. The van der Waals surface area contributed by atoms with Crippen LogP contribution in [-0.2, 0) is 6.54 Å². The zero-order valence-electron chi connectivity index (χ0n) is 13.3. The molecule has 0 aliphatic rings. The molecule has 1 aromatic carbocycles. The molecule has 0 spiro atoms. The molecule has 132 valence electrons. The van der Waals surface area contributed by atoms with E-state index >= 15 is 0 Å². The van der Waals surface area contributed by atoms with Gasteiger partial charge in [0.1, 0.15) is 5.52 Å². The van der Waals surface area contributed by atoms with Gasteiger partial charge in [-0.05, 0) is 30.3 Å². The Labute approximate surface area is 167 Å². The fourth-order valence-electron chi connectivity index (χ4n) is 2.50. The molecule has 0 N–H and O–H groups in total. The second kappa shape index (κ2) is 7.36. The number of carbonyl (C=O) groups excluding carboxylic acids is 1. The van der Waals surface area contributed by atoms with Crippen LogP contribution in [-0.4, -0.2) is 27.2 Å². The Kier molecular flexibility index (Phi) is 4.95. The lowest BCUT2D eigenvalue weighted by Crippen LogP contribution is -2.33. The van der Waals surface area contributed by atoms with Crippen LogP contribution in [0.2, 0.25) is 9.36 Å². The summed E-state index contributed by atoms with van der Waals surface area (Å²) in [5.41, 5.74) is 0.704. The first kappa shape index (κ1) is 17.5. The summed E-state index contributed by atoms with van der Waals surface area (Å²) in [4.78, 5) is 19.9. The Balaban J connectivity index is 1.70. The summed E-state index contributed by atoms with van der Waals surface area (Å²) >= 11 is 14.9. The highest BCUT2D eigenvalue weighted by Crippen LogP contribution is 2.34. The Bertz CT molecular complexity index is 1060. The number of carbonyl (C=O) groups is 1. The number of rotatable bonds is 5. The molecule has 9 heteroatoms. The van der Waals surface area contributed by atoms with E-state index in [-0.39, 0.29) is 5.91 Å². The van der Waals surface area contributed by atoms with Crippen LogP contribution in [0.15, 0.2) is 48.8 Å². The summed E-state index contributed by atoms with van der Waals surface area (Å²) in [6, 6.07) is 10.9. The number of nitrogens with zero attached hydrogens (tertiary/aromatic N) is 4. The monoisotopic (exact) mass is 422 g/mol. The smallest absolute Gasteiger partial charge is 0.270 e. The van der Waals surface area contributed by atoms with E-state index in [1.54, 1.807) is 34.0 Å². The van der Waals surface area contributed by atoms with Gasteiger partial charge in [-0.2, -0.15) is 5.10 Å². The van der Waals surface area contributed by atoms with E-state index in [1.807, 2.05) is 24.4 Å². The lowest BCUT2D eigenvalue weighted by atomic mass is 10.3. The van der Waals surface area contributed by atoms with Gasteiger partial charge in [-0.1, -0.05) is 40.6 Å². The third kappa shape index (κ3) is 3.48. The van der Waals surface area contributed by atoms with Crippen LogP contribution in [0.25, 0.3) is 10.2 Å². The van der Waals surface area contributed by atoms with E-state index in [0.717, 1.165) is 4.70 Å². The van der Waals surface area contributed by atoms with Crippen LogP contribution >= 0.6 is 45.9 Å². The molecule has 0 fully saturated rings. The highest BCUT2D eigenvalue weighted by atomic mass is 35.5. The van der Waals surface area contributed by atoms with Crippen molar-refractivity contribution in [2.24, 2.45) is 0 Å². The maximum atomic E-state index is 13.1.